The summed E-state index contributed by atoms with van der Waals surface area (Å²) in [6.45, 7) is 0.244. The van der Waals surface area contributed by atoms with Crippen molar-refractivity contribution < 1.29 is 34.8 Å². The first kappa shape index (κ1) is 15.8. The van der Waals surface area contributed by atoms with Crippen molar-refractivity contribution in [3.05, 3.63) is 0 Å². The van der Waals surface area contributed by atoms with E-state index in [0.29, 0.717) is 0 Å². The molecule has 15 heavy (non-hydrogen) atoms. The molecule has 0 aromatic carbocycles. The molecule has 0 aliphatic carbocycles. The Morgan fingerprint density at radius 1 is 1.27 bits per heavy atom. The Bertz CT molecular complexity index is 213. The second kappa shape index (κ2) is 8.91. The predicted molar refractivity (Wildman–Crippen MR) is 47.0 cm³/mol. The molecule has 0 aromatic rings. The summed E-state index contributed by atoms with van der Waals surface area (Å²) in [6, 6.07) is 0. The maximum Gasteiger partial charge on any atom is 0.334 e. The van der Waals surface area contributed by atoms with Gasteiger partial charge in [0.25, 0.3) is 0 Å². The molecule has 1 atom stereocenters. The maximum absolute atomic E-state index is 9.97. The minimum Gasteiger partial charge on any atom is -0.480 e. The molecule has 0 bridgehead atoms. The SMILES string of the molecule is CC(=O)NCC(=O)O.O=C(O)C(O)CO. The highest BCUT2D eigenvalue weighted by atomic mass is 16.4. The lowest BCUT2D eigenvalue weighted by molar-refractivity contribution is -0.148. The summed E-state index contributed by atoms with van der Waals surface area (Å²) >= 11 is 0. The maximum atomic E-state index is 9.97. The van der Waals surface area contributed by atoms with Gasteiger partial charge in [-0.15, -0.1) is 0 Å². The fourth-order valence-electron chi connectivity index (χ4n) is 0.278. The van der Waals surface area contributed by atoms with Crippen LogP contribution in [0.25, 0.3) is 0 Å². The smallest absolute Gasteiger partial charge is 0.334 e. The van der Waals surface area contributed by atoms with Crippen molar-refractivity contribution in [3.8, 4) is 0 Å². The molecular formula is C7H13NO7. The molecule has 0 aliphatic rings. The molecule has 0 saturated carbocycles. The average Bonchev–Trinajstić information content (AvgIpc) is 2.14. The van der Waals surface area contributed by atoms with Gasteiger partial charge in [-0.2, -0.15) is 0 Å². The molecule has 5 N–H and O–H groups in total. The van der Waals surface area contributed by atoms with Gasteiger partial charge in [0.2, 0.25) is 5.91 Å². The zero-order valence-corrected chi connectivity index (χ0v) is 8.01. The first-order valence-corrected chi connectivity index (χ1v) is 3.79. The van der Waals surface area contributed by atoms with Crippen LogP contribution in [0.5, 0.6) is 0 Å². The summed E-state index contributed by atoms with van der Waals surface area (Å²) in [5.41, 5.74) is 0. The molecule has 0 rings (SSSR count). The van der Waals surface area contributed by atoms with E-state index in [2.05, 4.69) is 5.32 Å². The van der Waals surface area contributed by atoms with Crippen LogP contribution in [-0.4, -0.2) is 57.5 Å². The van der Waals surface area contributed by atoms with E-state index in [4.69, 9.17) is 20.4 Å². The number of aliphatic carboxylic acids is 2. The van der Waals surface area contributed by atoms with E-state index >= 15 is 0 Å². The predicted octanol–water partition coefficient (Wildman–Crippen LogP) is -2.37. The number of amides is 1. The molecule has 0 fully saturated rings. The number of carbonyl (C=O) groups is 3. The van der Waals surface area contributed by atoms with E-state index in [1.165, 1.54) is 6.92 Å². The van der Waals surface area contributed by atoms with E-state index in [9.17, 15) is 14.4 Å². The number of carboxylic acids is 2. The molecule has 0 heterocycles. The molecule has 0 aromatic heterocycles. The summed E-state index contributed by atoms with van der Waals surface area (Å²) in [5, 5.41) is 33.8. The lowest BCUT2D eigenvalue weighted by atomic mass is 10.4. The second-order valence-electron chi connectivity index (χ2n) is 2.34. The number of hydrogen-bond acceptors (Lipinski definition) is 5. The monoisotopic (exact) mass is 223 g/mol. The molecule has 1 amide bonds. The van der Waals surface area contributed by atoms with Crippen molar-refractivity contribution in [2.75, 3.05) is 13.2 Å². The van der Waals surface area contributed by atoms with Crippen LogP contribution in [0.4, 0.5) is 0 Å². The lowest BCUT2D eigenvalue weighted by Gasteiger charge is -1.95. The number of nitrogens with one attached hydrogen (secondary N) is 1. The Kier molecular flexibility index (Phi) is 9.37. The van der Waals surface area contributed by atoms with Gasteiger partial charge in [-0.3, -0.25) is 9.59 Å². The van der Waals surface area contributed by atoms with Gasteiger partial charge < -0.3 is 25.7 Å². The highest BCUT2D eigenvalue weighted by molar-refractivity contribution is 5.79. The Labute approximate surface area is 85.1 Å². The van der Waals surface area contributed by atoms with E-state index in [0.717, 1.165) is 0 Å². The van der Waals surface area contributed by atoms with Crippen molar-refractivity contribution in [1.29, 1.82) is 0 Å². The third kappa shape index (κ3) is 15.1. The van der Waals surface area contributed by atoms with Crippen LogP contribution in [-0.2, 0) is 14.4 Å². The van der Waals surface area contributed by atoms with Crippen LogP contribution < -0.4 is 5.32 Å². The van der Waals surface area contributed by atoms with Crippen LogP contribution >= 0.6 is 0 Å². The fraction of sp³-hybridized carbons (Fsp3) is 0.571. The first-order chi connectivity index (χ1) is 6.81. The van der Waals surface area contributed by atoms with Crippen LogP contribution in [0.15, 0.2) is 0 Å². The summed E-state index contributed by atoms with van der Waals surface area (Å²) in [4.78, 5) is 29.2. The number of rotatable bonds is 4. The van der Waals surface area contributed by atoms with Crippen molar-refractivity contribution in [1.82, 2.24) is 5.32 Å². The van der Waals surface area contributed by atoms with Crippen LogP contribution in [0.3, 0.4) is 0 Å². The van der Waals surface area contributed by atoms with Crippen molar-refractivity contribution in [3.63, 3.8) is 0 Å². The largest absolute Gasteiger partial charge is 0.480 e. The first-order valence-electron chi connectivity index (χ1n) is 3.79. The highest BCUT2D eigenvalue weighted by Crippen LogP contribution is 1.75. The topological polar surface area (TPSA) is 144 Å². The molecule has 8 nitrogen and oxygen atoms in total. The van der Waals surface area contributed by atoms with Gasteiger partial charge in [0, 0.05) is 6.92 Å². The molecule has 88 valence electrons. The zero-order chi connectivity index (χ0) is 12.4. The van der Waals surface area contributed by atoms with Crippen LogP contribution in [0, 0.1) is 0 Å². The summed E-state index contributed by atoms with van der Waals surface area (Å²) in [5.74, 6) is -2.75. The van der Waals surface area contributed by atoms with Gasteiger partial charge >= 0.3 is 11.9 Å². The minimum absolute atomic E-state index is 0.296. The third-order valence-electron chi connectivity index (χ3n) is 0.947. The Balaban J connectivity index is 0. The number of carbonyl (C=O) groups excluding carboxylic acids is 1. The lowest BCUT2D eigenvalue weighted by Crippen LogP contribution is -2.26. The number of aliphatic hydroxyl groups is 2. The van der Waals surface area contributed by atoms with E-state index in [1.807, 2.05) is 0 Å². The quantitative estimate of drug-likeness (QED) is 0.358. The molecule has 0 saturated heterocycles. The van der Waals surface area contributed by atoms with Crippen molar-refractivity contribution in [2.24, 2.45) is 0 Å². The number of hydrogen-bond donors (Lipinski definition) is 5. The summed E-state index contributed by atoms with van der Waals surface area (Å²) in [6.07, 6.45) is -1.63. The van der Waals surface area contributed by atoms with Crippen molar-refractivity contribution >= 4 is 17.8 Å². The zero-order valence-electron chi connectivity index (χ0n) is 8.01. The summed E-state index contributed by atoms with van der Waals surface area (Å²) < 4.78 is 0. The normalized spacial score (nSPS) is 10.6. The molecule has 0 aliphatic heterocycles. The standard InChI is InChI=1S/C4H7NO3.C3H6O4/c1-3(6)5-2-4(7)8;4-1-2(5)3(6)7/h2H2,1H3,(H,5,6)(H,7,8);2,4-5H,1H2,(H,6,7). The summed E-state index contributed by atoms with van der Waals surface area (Å²) in [7, 11) is 0. The highest BCUT2D eigenvalue weighted by Gasteiger charge is 2.08. The van der Waals surface area contributed by atoms with Gasteiger partial charge in [-0.25, -0.2) is 4.79 Å². The molecule has 0 radical (unpaired) electrons. The fourth-order valence-corrected chi connectivity index (χ4v) is 0.278. The molecular weight excluding hydrogens is 210 g/mol. The Hall–Kier alpha value is -1.67. The Morgan fingerprint density at radius 3 is 1.80 bits per heavy atom. The average molecular weight is 223 g/mol. The second-order valence-corrected chi connectivity index (χ2v) is 2.34. The van der Waals surface area contributed by atoms with E-state index in [1.54, 1.807) is 0 Å². The van der Waals surface area contributed by atoms with Crippen LogP contribution in [0.1, 0.15) is 6.92 Å². The van der Waals surface area contributed by atoms with Gasteiger partial charge in [-0.1, -0.05) is 0 Å². The van der Waals surface area contributed by atoms with Gasteiger partial charge in [0.05, 0.1) is 6.61 Å². The molecule has 0 spiro atoms. The molecule has 8 heteroatoms. The van der Waals surface area contributed by atoms with E-state index < -0.39 is 24.6 Å². The third-order valence-corrected chi connectivity index (χ3v) is 0.947. The number of aliphatic hydroxyl groups excluding tert-OH is 2. The molecule has 1 unspecified atom stereocenters. The Morgan fingerprint density at radius 2 is 1.73 bits per heavy atom. The van der Waals surface area contributed by atoms with Gasteiger partial charge in [0.1, 0.15) is 6.54 Å². The van der Waals surface area contributed by atoms with Crippen LogP contribution in [0.2, 0.25) is 0 Å². The van der Waals surface area contributed by atoms with Crippen molar-refractivity contribution in [2.45, 2.75) is 13.0 Å². The van der Waals surface area contributed by atoms with E-state index in [-0.39, 0.29) is 12.5 Å². The number of carboxylic acid groups (broad SMARTS) is 2. The van der Waals surface area contributed by atoms with Gasteiger partial charge in [-0.05, 0) is 0 Å². The van der Waals surface area contributed by atoms with Gasteiger partial charge in [0.15, 0.2) is 6.10 Å². The minimum atomic E-state index is -1.63.